The molecule has 28 nitrogen and oxygen atoms in total. The second kappa shape index (κ2) is 32.7. The highest BCUT2D eigenvalue weighted by molar-refractivity contribution is 5.85. The van der Waals surface area contributed by atoms with Crippen LogP contribution >= 0.6 is 0 Å². The van der Waals surface area contributed by atoms with Crippen molar-refractivity contribution in [2.45, 2.75) is 43.0 Å². The van der Waals surface area contributed by atoms with Gasteiger partial charge in [-0.25, -0.2) is 9.59 Å². The maximum atomic E-state index is 12.6. The molecule has 5 fully saturated rings. The number of amides is 4. The molecule has 9 rings (SSSR count). The van der Waals surface area contributed by atoms with Crippen molar-refractivity contribution in [3.8, 4) is 17.2 Å². The number of aromatic nitrogens is 3. The van der Waals surface area contributed by atoms with E-state index in [2.05, 4.69) is 58.3 Å². The van der Waals surface area contributed by atoms with Crippen molar-refractivity contribution in [1.29, 1.82) is 0 Å². The van der Waals surface area contributed by atoms with Crippen molar-refractivity contribution < 1.29 is 86.1 Å². The number of aliphatic hydroxyl groups is 2. The minimum atomic E-state index is -0.523. The largest absolute Gasteiger partial charge is 0.491 e. The first-order valence-electron chi connectivity index (χ1n) is 27.3. The monoisotopic (exact) mass is 1180 g/mol. The lowest BCUT2D eigenvalue weighted by molar-refractivity contribution is -0.0135. The van der Waals surface area contributed by atoms with Gasteiger partial charge in [-0.05, 0) is 60.0 Å². The van der Waals surface area contributed by atoms with Crippen molar-refractivity contribution in [3.63, 3.8) is 0 Å². The fourth-order valence-electron chi connectivity index (χ4n) is 9.29. The maximum absolute atomic E-state index is 12.6. The summed E-state index contributed by atoms with van der Waals surface area (Å²) in [6.45, 7) is 7.77. The quantitative estimate of drug-likeness (QED) is 0.0381. The van der Waals surface area contributed by atoms with Crippen LogP contribution in [0, 0.1) is 0 Å². The van der Waals surface area contributed by atoms with Crippen molar-refractivity contribution >= 4 is 29.9 Å². The van der Waals surface area contributed by atoms with Gasteiger partial charge in [-0.1, -0.05) is 36.4 Å². The number of anilines is 3. The fourth-order valence-corrected chi connectivity index (χ4v) is 9.29. The van der Waals surface area contributed by atoms with E-state index in [4.69, 9.17) is 66.3 Å². The third kappa shape index (κ3) is 17.3. The van der Waals surface area contributed by atoms with Gasteiger partial charge in [0, 0.05) is 75.4 Å². The number of hydrogen-bond donors (Lipinski definition) is 2. The smallest absolute Gasteiger partial charge is 0.327 e. The molecule has 5 aliphatic heterocycles. The molecule has 2 N–H and O–H groups in total. The highest BCUT2D eigenvalue weighted by atomic mass is 16.6. The minimum absolute atomic E-state index is 0.0640. The minimum Gasteiger partial charge on any atom is -0.491 e. The van der Waals surface area contributed by atoms with Crippen molar-refractivity contribution in [3.05, 3.63) is 89.5 Å². The van der Waals surface area contributed by atoms with E-state index in [9.17, 15) is 19.8 Å². The zero-order valence-corrected chi connectivity index (χ0v) is 49.4. The van der Waals surface area contributed by atoms with Crippen LogP contribution in [0.25, 0.3) is 0 Å². The lowest BCUT2D eigenvalue weighted by Crippen LogP contribution is -2.48. The Kier molecular flexibility index (Phi) is 25.3. The van der Waals surface area contributed by atoms with E-state index < -0.39 is 12.3 Å². The number of ether oxygens (including phenoxy) is 14. The third-order valence-electron chi connectivity index (χ3n) is 13.7. The first-order chi connectivity index (χ1) is 40.9. The molecular formula is C56H82N10O18. The number of fused-ring (bicyclic) bond motifs is 1. The van der Waals surface area contributed by atoms with Gasteiger partial charge < -0.3 is 86.3 Å². The Morgan fingerprint density at radius 1 is 0.452 bits per heavy atom. The molecule has 3 unspecified atom stereocenters. The van der Waals surface area contributed by atoms with E-state index in [0.29, 0.717) is 37.7 Å². The van der Waals surface area contributed by atoms with Crippen molar-refractivity contribution in [2.75, 3.05) is 191 Å². The molecule has 0 radical (unpaired) electrons. The number of hydrogen-bond acceptors (Lipinski definition) is 24. The summed E-state index contributed by atoms with van der Waals surface area (Å²) in [6, 6.07) is 24.6. The SMILES string of the molecule is CC(c1ccc(OCC2CO2)cc1)(c1ccc(OCC2CO2)cc1)c1ccc(OCC2CO2)cc1.COCN(CCO)c1nc(N(CCO)COC)nc(N(COC)COC)n1.COCN1C(=O)N(COC)C2C1N(COC)C(=O)N2COC. The third-order valence-corrected chi connectivity index (χ3v) is 13.7. The number of urea groups is 2. The summed E-state index contributed by atoms with van der Waals surface area (Å²) in [6.07, 6.45) is -0.339. The molecule has 6 heterocycles. The predicted molar refractivity (Wildman–Crippen MR) is 302 cm³/mol. The Balaban J connectivity index is 0.000000187. The highest BCUT2D eigenvalue weighted by Crippen LogP contribution is 2.41. The summed E-state index contributed by atoms with van der Waals surface area (Å²) in [5.41, 5.74) is 3.14. The van der Waals surface area contributed by atoms with Crippen LogP contribution in [0.4, 0.5) is 27.4 Å². The standard InChI is InChI=1S/C29H30O6.C15H30N6O6.C12H22N4O6/c1-29(20-2-8-23(9-3-20)30-14-26-17-33-26,21-4-10-24(11-5-21)31-15-27-18-34-27)22-6-12-25(13-7-22)32-16-28-19-35-28;1-24-9-19(5-7-22)13-16-14(20(6-8-23)10-25-2)18-15(17-13)21(11-26-3)12-27-4;1-19-5-13-9-10(15(7-21-3)11(13)17)16(8-22-4)12(18)14(9)6-20-2/h2-13,26-28H,14-19H2,1H3;22-23H,5-12H2,1-4H3;9-10H,5-8H2,1-4H3. The van der Waals surface area contributed by atoms with E-state index in [1.807, 2.05) is 36.4 Å². The summed E-state index contributed by atoms with van der Waals surface area (Å²) in [5, 5.41) is 18.7. The molecule has 0 bridgehead atoms. The molecule has 0 saturated carbocycles. The van der Waals surface area contributed by atoms with Gasteiger partial charge in [0.25, 0.3) is 0 Å². The predicted octanol–water partition coefficient (Wildman–Crippen LogP) is 2.59. The molecule has 5 aliphatic rings. The first kappa shape index (κ1) is 65.0. The molecule has 0 spiro atoms. The molecule has 3 atom stereocenters. The average Bonchev–Trinajstić information content (AvgIpc) is 3.22. The van der Waals surface area contributed by atoms with Crippen molar-refractivity contribution in [2.24, 2.45) is 0 Å². The van der Waals surface area contributed by atoms with Crippen LogP contribution in [0.2, 0.25) is 0 Å². The van der Waals surface area contributed by atoms with Crippen LogP contribution in [0.15, 0.2) is 72.8 Å². The van der Waals surface area contributed by atoms with Gasteiger partial charge in [0.15, 0.2) is 12.3 Å². The van der Waals surface area contributed by atoms with Crippen LogP contribution in [-0.2, 0) is 57.5 Å². The molecule has 0 aliphatic carbocycles. The second-order valence-electron chi connectivity index (χ2n) is 19.9. The van der Waals surface area contributed by atoms with Gasteiger partial charge in [-0.3, -0.25) is 24.5 Å². The number of nitrogens with zero attached hydrogens (tertiary/aromatic N) is 10. The summed E-state index contributed by atoms with van der Waals surface area (Å²) in [4.78, 5) is 49.3. The molecule has 84 heavy (non-hydrogen) atoms. The number of epoxide rings is 3. The van der Waals surface area contributed by atoms with Gasteiger partial charge in [0.2, 0.25) is 17.8 Å². The Morgan fingerprint density at radius 2 is 0.714 bits per heavy atom. The molecule has 3 aromatic carbocycles. The number of carbonyl (C=O) groups excluding carboxylic acids is 2. The summed E-state index contributed by atoms with van der Waals surface area (Å²) < 4.78 is 74.5. The Bertz CT molecular complexity index is 2270. The van der Waals surface area contributed by atoms with Crippen LogP contribution in [0.5, 0.6) is 17.2 Å². The molecule has 5 saturated heterocycles. The van der Waals surface area contributed by atoms with E-state index >= 15 is 0 Å². The summed E-state index contributed by atoms with van der Waals surface area (Å²) in [7, 11) is 12.2. The van der Waals surface area contributed by atoms with Crippen molar-refractivity contribution in [1.82, 2.24) is 34.6 Å². The molecule has 1 aromatic heterocycles. The van der Waals surface area contributed by atoms with Gasteiger partial charge in [0.1, 0.15) is 109 Å². The van der Waals surface area contributed by atoms with Gasteiger partial charge in [0.05, 0.1) is 33.0 Å². The lowest BCUT2D eigenvalue weighted by Gasteiger charge is -2.32. The number of benzene rings is 3. The van der Waals surface area contributed by atoms with Crippen LogP contribution in [0.1, 0.15) is 23.6 Å². The van der Waals surface area contributed by atoms with Gasteiger partial charge in [-0.15, -0.1) is 0 Å². The Hall–Kier alpha value is -6.51. The molecular weight excluding hydrogens is 1100 g/mol. The van der Waals surface area contributed by atoms with Crippen LogP contribution in [-0.4, -0.2) is 264 Å². The van der Waals surface area contributed by atoms with E-state index in [-0.39, 0.29) is 116 Å². The zero-order chi connectivity index (χ0) is 60.0. The van der Waals surface area contributed by atoms with Crippen LogP contribution < -0.4 is 28.9 Å². The number of rotatable bonds is 35. The fraction of sp³-hybridized carbons (Fsp3) is 0.589. The number of methoxy groups -OCH3 is 8. The zero-order valence-electron chi connectivity index (χ0n) is 49.4. The molecule has 4 aromatic rings. The first-order valence-corrected chi connectivity index (χ1v) is 27.3. The second-order valence-corrected chi connectivity index (χ2v) is 19.9. The topological polar surface area (TPSA) is 275 Å². The van der Waals surface area contributed by atoms with E-state index in [1.165, 1.54) is 64.7 Å². The number of carbonyl (C=O) groups is 2. The van der Waals surface area contributed by atoms with Crippen LogP contribution in [0.3, 0.4) is 0 Å². The summed E-state index contributed by atoms with van der Waals surface area (Å²) in [5.74, 6) is 3.48. The Morgan fingerprint density at radius 3 is 0.952 bits per heavy atom. The maximum Gasteiger partial charge on any atom is 0.327 e. The average molecular weight is 1180 g/mol. The number of aliphatic hydroxyl groups excluding tert-OH is 2. The molecule has 28 heteroatoms. The highest BCUT2D eigenvalue weighted by Gasteiger charge is 2.59. The molecule has 4 amide bonds. The lowest BCUT2D eigenvalue weighted by atomic mass is 9.71. The van der Waals surface area contributed by atoms with E-state index in [1.54, 1.807) is 43.1 Å². The molecule has 464 valence electrons. The van der Waals surface area contributed by atoms with E-state index in [0.717, 1.165) is 37.1 Å². The normalized spacial score (nSPS) is 19.9. The van der Waals surface area contributed by atoms with Gasteiger partial charge in [-0.2, -0.15) is 15.0 Å². The van der Waals surface area contributed by atoms with Gasteiger partial charge >= 0.3 is 12.1 Å². The summed E-state index contributed by atoms with van der Waals surface area (Å²) >= 11 is 0. The Labute approximate surface area is 490 Å².